The van der Waals surface area contributed by atoms with Crippen LogP contribution in [0.2, 0.25) is 0 Å². The van der Waals surface area contributed by atoms with Gasteiger partial charge in [0.15, 0.2) is 11.5 Å². The Labute approximate surface area is 208 Å². The maximum absolute atomic E-state index is 14.5. The number of nitrogens with zero attached hydrogens (tertiary/aromatic N) is 4. The zero-order valence-electron chi connectivity index (χ0n) is 20.3. The number of halogens is 1. The summed E-state index contributed by atoms with van der Waals surface area (Å²) in [7, 11) is 1.42. The van der Waals surface area contributed by atoms with E-state index >= 15 is 0 Å². The number of rotatable bonds is 6. The van der Waals surface area contributed by atoms with E-state index in [1.807, 2.05) is 41.0 Å². The molecule has 1 aliphatic heterocycles. The van der Waals surface area contributed by atoms with Gasteiger partial charge in [-0.25, -0.2) is 0 Å². The van der Waals surface area contributed by atoms with Crippen LogP contribution < -0.4 is 9.47 Å². The molecule has 0 bridgehead atoms. The number of aromatic nitrogens is 3. The second kappa shape index (κ2) is 9.81. The number of pyridine rings is 1. The standard InChI is InChI=1S/C28H27FN4O3/c1-4-25(34)32-14-6-7-20(17-32)33-28-18(2)15-30-16-22(28)27(31-33)19-10-12-21(13-11-19)36-24-9-5-8-23(35-3)26(24)29/h4-5,8-13,15-16,20H,1,6-7,14,17H2,2-3H3/t20-/m1/s1. The molecule has 7 nitrogen and oxygen atoms in total. The summed E-state index contributed by atoms with van der Waals surface area (Å²) >= 11 is 0. The average Bonchev–Trinajstić information content (AvgIpc) is 3.31. The predicted molar refractivity (Wildman–Crippen MR) is 136 cm³/mol. The summed E-state index contributed by atoms with van der Waals surface area (Å²) in [5, 5.41) is 5.95. The van der Waals surface area contributed by atoms with Gasteiger partial charge in [0.2, 0.25) is 11.7 Å². The van der Waals surface area contributed by atoms with E-state index in [1.165, 1.54) is 13.2 Å². The van der Waals surface area contributed by atoms with Crippen molar-refractivity contribution in [3.63, 3.8) is 0 Å². The fourth-order valence-corrected chi connectivity index (χ4v) is 4.74. The van der Waals surface area contributed by atoms with Gasteiger partial charge in [-0.05, 0) is 67.8 Å². The van der Waals surface area contributed by atoms with Gasteiger partial charge in [-0.3, -0.25) is 14.5 Å². The van der Waals surface area contributed by atoms with Crippen LogP contribution in [0.15, 0.2) is 67.5 Å². The number of carbonyl (C=O) groups is 1. The zero-order valence-corrected chi connectivity index (χ0v) is 20.3. The number of methoxy groups -OCH3 is 1. The van der Waals surface area contributed by atoms with E-state index in [1.54, 1.807) is 30.3 Å². The van der Waals surface area contributed by atoms with Crippen molar-refractivity contribution in [1.82, 2.24) is 19.7 Å². The maximum Gasteiger partial charge on any atom is 0.246 e. The lowest BCUT2D eigenvalue weighted by molar-refractivity contribution is -0.127. The molecule has 2 aromatic heterocycles. The number of hydrogen-bond donors (Lipinski definition) is 0. The van der Waals surface area contributed by atoms with E-state index in [2.05, 4.69) is 11.6 Å². The highest BCUT2D eigenvalue weighted by Gasteiger charge is 2.27. The first-order valence-electron chi connectivity index (χ1n) is 11.8. The van der Waals surface area contributed by atoms with Crippen molar-refractivity contribution in [2.75, 3.05) is 20.2 Å². The van der Waals surface area contributed by atoms with Gasteiger partial charge in [0.25, 0.3) is 0 Å². The van der Waals surface area contributed by atoms with E-state index in [-0.39, 0.29) is 23.4 Å². The molecule has 0 aliphatic carbocycles. The van der Waals surface area contributed by atoms with Crippen LogP contribution in [0, 0.1) is 12.7 Å². The van der Waals surface area contributed by atoms with Crippen LogP contribution in [-0.4, -0.2) is 45.8 Å². The largest absolute Gasteiger partial charge is 0.494 e. The Bertz CT molecular complexity index is 1430. The molecule has 1 fully saturated rings. The molecule has 1 atom stereocenters. The third-order valence-corrected chi connectivity index (χ3v) is 6.52. The Hall–Kier alpha value is -4.20. The zero-order chi connectivity index (χ0) is 25.2. The molecule has 1 aliphatic rings. The lowest BCUT2D eigenvalue weighted by atomic mass is 10.0. The SMILES string of the molecule is C=CC(=O)N1CCC[C@@H](n2nc(-c3ccc(Oc4cccc(OC)c4F)cc3)c3cncc(C)c32)C1. The summed E-state index contributed by atoms with van der Waals surface area (Å²) < 4.78 is 27.3. The lowest BCUT2D eigenvalue weighted by Crippen LogP contribution is -2.40. The van der Waals surface area contributed by atoms with Crippen molar-refractivity contribution >= 4 is 16.8 Å². The van der Waals surface area contributed by atoms with E-state index < -0.39 is 5.82 Å². The molecule has 0 N–H and O–H groups in total. The molecule has 3 heterocycles. The summed E-state index contributed by atoms with van der Waals surface area (Å²) in [6, 6.07) is 12.2. The highest BCUT2D eigenvalue weighted by atomic mass is 19.1. The third kappa shape index (κ3) is 4.30. The second-order valence-electron chi connectivity index (χ2n) is 8.83. The minimum atomic E-state index is -0.549. The molecule has 2 aromatic carbocycles. The Morgan fingerprint density at radius 1 is 1.17 bits per heavy atom. The van der Waals surface area contributed by atoms with Crippen molar-refractivity contribution in [3.8, 4) is 28.5 Å². The first kappa shape index (κ1) is 23.5. The number of likely N-dealkylation sites (tertiary alicyclic amines) is 1. The highest BCUT2D eigenvalue weighted by Crippen LogP contribution is 2.35. The summed E-state index contributed by atoms with van der Waals surface area (Å²) in [5.41, 5.74) is 3.72. The number of amides is 1. The van der Waals surface area contributed by atoms with Crippen LogP contribution in [0.3, 0.4) is 0 Å². The van der Waals surface area contributed by atoms with Crippen LogP contribution in [0.4, 0.5) is 4.39 Å². The summed E-state index contributed by atoms with van der Waals surface area (Å²) in [6.45, 7) is 6.96. The van der Waals surface area contributed by atoms with Crippen molar-refractivity contribution in [2.24, 2.45) is 0 Å². The van der Waals surface area contributed by atoms with Gasteiger partial charge >= 0.3 is 0 Å². The molecule has 0 saturated carbocycles. The minimum absolute atomic E-state index is 0.0543. The Kier molecular flexibility index (Phi) is 6.41. The van der Waals surface area contributed by atoms with Crippen LogP contribution in [0.25, 0.3) is 22.2 Å². The molecular formula is C28H27FN4O3. The smallest absolute Gasteiger partial charge is 0.246 e. The summed E-state index contributed by atoms with van der Waals surface area (Å²) in [6.07, 6.45) is 6.85. The summed E-state index contributed by atoms with van der Waals surface area (Å²) in [4.78, 5) is 18.5. The van der Waals surface area contributed by atoms with Gasteiger partial charge in [0.1, 0.15) is 11.4 Å². The number of benzene rings is 2. The molecular weight excluding hydrogens is 459 g/mol. The normalized spacial score (nSPS) is 15.6. The Balaban J connectivity index is 1.48. The molecule has 0 spiro atoms. The van der Waals surface area contributed by atoms with E-state index in [9.17, 15) is 9.18 Å². The molecule has 8 heteroatoms. The fraction of sp³-hybridized carbons (Fsp3) is 0.250. The van der Waals surface area contributed by atoms with Gasteiger partial charge in [0, 0.05) is 36.4 Å². The quantitative estimate of drug-likeness (QED) is 0.327. The van der Waals surface area contributed by atoms with Gasteiger partial charge in [-0.1, -0.05) is 12.6 Å². The molecule has 1 saturated heterocycles. The number of carbonyl (C=O) groups excluding carboxylic acids is 1. The molecule has 0 unspecified atom stereocenters. The topological polar surface area (TPSA) is 69.5 Å². The van der Waals surface area contributed by atoms with Gasteiger partial charge in [-0.2, -0.15) is 9.49 Å². The van der Waals surface area contributed by atoms with Gasteiger partial charge < -0.3 is 14.4 Å². The third-order valence-electron chi connectivity index (χ3n) is 6.52. The summed E-state index contributed by atoms with van der Waals surface area (Å²) in [5.74, 6) is 0.104. The molecule has 5 rings (SSSR count). The van der Waals surface area contributed by atoms with Crippen molar-refractivity contribution < 1.29 is 18.7 Å². The Morgan fingerprint density at radius 2 is 1.94 bits per heavy atom. The fourth-order valence-electron chi connectivity index (χ4n) is 4.74. The number of aryl methyl sites for hydroxylation is 1. The number of piperidine rings is 1. The number of fused-ring (bicyclic) bond motifs is 1. The molecule has 4 aromatic rings. The van der Waals surface area contributed by atoms with Crippen LogP contribution >= 0.6 is 0 Å². The highest BCUT2D eigenvalue weighted by molar-refractivity contribution is 5.94. The first-order valence-corrected chi connectivity index (χ1v) is 11.8. The van der Waals surface area contributed by atoms with Crippen LogP contribution in [-0.2, 0) is 4.79 Å². The van der Waals surface area contributed by atoms with Crippen molar-refractivity contribution in [2.45, 2.75) is 25.8 Å². The van der Waals surface area contributed by atoms with Crippen molar-refractivity contribution in [3.05, 3.63) is 78.9 Å². The monoisotopic (exact) mass is 486 g/mol. The number of ether oxygens (including phenoxy) is 2. The minimum Gasteiger partial charge on any atom is -0.494 e. The second-order valence-corrected chi connectivity index (χ2v) is 8.83. The molecule has 36 heavy (non-hydrogen) atoms. The maximum atomic E-state index is 14.5. The predicted octanol–water partition coefficient (Wildman–Crippen LogP) is 5.70. The molecule has 1 amide bonds. The van der Waals surface area contributed by atoms with Crippen LogP contribution in [0.5, 0.6) is 17.2 Å². The first-order chi connectivity index (χ1) is 17.5. The van der Waals surface area contributed by atoms with Gasteiger partial charge in [0.05, 0.1) is 18.7 Å². The van der Waals surface area contributed by atoms with E-state index in [4.69, 9.17) is 14.6 Å². The van der Waals surface area contributed by atoms with Crippen LogP contribution in [0.1, 0.15) is 24.4 Å². The lowest BCUT2D eigenvalue weighted by Gasteiger charge is -2.32. The average molecular weight is 487 g/mol. The van der Waals surface area contributed by atoms with Gasteiger partial charge in [-0.15, -0.1) is 0 Å². The molecule has 0 radical (unpaired) electrons. The number of hydrogen-bond acceptors (Lipinski definition) is 5. The molecule has 184 valence electrons. The van der Waals surface area contributed by atoms with E-state index in [0.29, 0.717) is 12.3 Å². The van der Waals surface area contributed by atoms with E-state index in [0.717, 1.165) is 47.1 Å². The van der Waals surface area contributed by atoms with Crippen molar-refractivity contribution in [1.29, 1.82) is 0 Å². The Morgan fingerprint density at radius 3 is 2.69 bits per heavy atom.